The summed E-state index contributed by atoms with van der Waals surface area (Å²) in [7, 11) is 0. The van der Waals surface area contributed by atoms with Gasteiger partial charge < -0.3 is 4.57 Å². The third kappa shape index (κ3) is 1.41. The van der Waals surface area contributed by atoms with E-state index in [-0.39, 0.29) is 0 Å². The molecule has 1 aliphatic rings. The molecule has 1 atom stereocenters. The van der Waals surface area contributed by atoms with Crippen molar-refractivity contribution < 1.29 is 4.79 Å². The molecule has 0 saturated heterocycles. The Morgan fingerprint density at radius 1 is 1.62 bits per heavy atom. The zero-order valence-electron chi connectivity index (χ0n) is 7.94. The second-order valence-corrected chi connectivity index (χ2v) is 3.89. The highest BCUT2D eigenvalue weighted by Crippen LogP contribution is 2.36. The van der Waals surface area contributed by atoms with Crippen LogP contribution >= 0.6 is 0 Å². The van der Waals surface area contributed by atoms with Crippen LogP contribution in [0, 0.1) is 5.92 Å². The summed E-state index contributed by atoms with van der Waals surface area (Å²) < 4.78 is 2.09. The maximum Gasteiger partial charge on any atom is 0.166 e. The van der Waals surface area contributed by atoms with Gasteiger partial charge >= 0.3 is 0 Å². The molecule has 2 heteroatoms. The number of aldehydes is 1. The molecule has 13 heavy (non-hydrogen) atoms. The summed E-state index contributed by atoms with van der Waals surface area (Å²) in [5.74, 6) is 0.783. The van der Waals surface area contributed by atoms with Gasteiger partial charge in [-0.25, -0.2) is 0 Å². The lowest BCUT2D eigenvalue weighted by atomic mass is 9.80. The van der Waals surface area contributed by atoms with Crippen LogP contribution in [0.25, 0.3) is 0 Å². The molecule has 1 fully saturated rings. The van der Waals surface area contributed by atoms with E-state index in [9.17, 15) is 4.79 Å². The van der Waals surface area contributed by atoms with E-state index < -0.39 is 0 Å². The summed E-state index contributed by atoms with van der Waals surface area (Å²) in [4.78, 5) is 10.7. The minimum atomic E-state index is 0.490. The summed E-state index contributed by atoms with van der Waals surface area (Å²) >= 11 is 0. The maximum atomic E-state index is 10.7. The van der Waals surface area contributed by atoms with E-state index in [2.05, 4.69) is 11.5 Å². The molecule has 1 unspecified atom stereocenters. The average molecular weight is 177 g/mol. The lowest BCUT2D eigenvalue weighted by Crippen LogP contribution is -2.23. The van der Waals surface area contributed by atoms with Gasteiger partial charge in [-0.1, -0.05) is 6.42 Å². The first kappa shape index (κ1) is 8.54. The third-order valence-electron chi connectivity index (χ3n) is 3.20. The van der Waals surface area contributed by atoms with Crippen molar-refractivity contribution in [2.24, 2.45) is 5.92 Å². The van der Waals surface area contributed by atoms with Crippen LogP contribution in [0.4, 0.5) is 0 Å². The molecule has 0 amide bonds. The topological polar surface area (TPSA) is 22.0 Å². The molecule has 2 rings (SSSR count). The molecule has 0 spiro atoms. The predicted molar refractivity (Wildman–Crippen MR) is 51.9 cm³/mol. The summed E-state index contributed by atoms with van der Waals surface area (Å²) in [5.41, 5.74) is 0.805. The van der Waals surface area contributed by atoms with Crippen LogP contribution in [0.2, 0.25) is 0 Å². The molecule has 1 aromatic rings. The number of nitrogens with zero attached hydrogens (tertiary/aromatic N) is 1. The van der Waals surface area contributed by atoms with E-state index in [0.29, 0.717) is 6.04 Å². The number of hydrogen-bond donors (Lipinski definition) is 0. The van der Waals surface area contributed by atoms with Gasteiger partial charge in [-0.2, -0.15) is 0 Å². The zero-order valence-corrected chi connectivity index (χ0v) is 7.94. The Morgan fingerprint density at radius 2 is 2.38 bits per heavy atom. The summed E-state index contributed by atoms with van der Waals surface area (Å²) in [5, 5.41) is 0. The fourth-order valence-corrected chi connectivity index (χ4v) is 2.03. The fourth-order valence-electron chi connectivity index (χ4n) is 2.03. The minimum Gasteiger partial charge on any atom is -0.342 e. The quantitative estimate of drug-likeness (QED) is 0.650. The molecule has 1 heterocycles. The number of carbonyl (C=O) groups is 1. The lowest BCUT2D eigenvalue weighted by molar-refractivity contribution is 0.110. The molecule has 0 radical (unpaired) electrons. The van der Waals surface area contributed by atoms with Crippen LogP contribution in [-0.2, 0) is 0 Å². The summed E-state index contributed by atoms with van der Waals surface area (Å²) in [6.07, 6.45) is 6.93. The van der Waals surface area contributed by atoms with Gasteiger partial charge in [0.25, 0.3) is 0 Å². The Labute approximate surface area is 78.6 Å². The molecular formula is C11H15NO. The molecule has 2 nitrogen and oxygen atoms in total. The molecule has 1 saturated carbocycles. The predicted octanol–water partition coefficient (Wildman–Crippen LogP) is 2.66. The molecule has 70 valence electrons. The van der Waals surface area contributed by atoms with Crippen LogP contribution in [0.1, 0.15) is 42.7 Å². The standard InChI is InChI=1S/C11H15NO/c1-9(10-4-2-5-10)12-7-3-6-11(12)8-13/h3,6-10H,2,4-5H2,1H3. The molecule has 0 aliphatic heterocycles. The van der Waals surface area contributed by atoms with E-state index in [4.69, 9.17) is 0 Å². The zero-order chi connectivity index (χ0) is 9.26. The van der Waals surface area contributed by atoms with Crippen molar-refractivity contribution in [1.29, 1.82) is 0 Å². The lowest BCUT2D eigenvalue weighted by Gasteiger charge is -2.32. The Kier molecular flexibility index (Phi) is 2.21. The molecule has 0 bridgehead atoms. The number of rotatable bonds is 3. The first-order valence-corrected chi connectivity index (χ1v) is 4.95. The summed E-state index contributed by atoms with van der Waals surface area (Å²) in [6.45, 7) is 2.21. The van der Waals surface area contributed by atoms with Crippen molar-refractivity contribution in [2.75, 3.05) is 0 Å². The molecule has 1 aromatic heterocycles. The van der Waals surface area contributed by atoms with Gasteiger partial charge in [-0.05, 0) is 37.8 Å². The van der Waals surface area contributed by atoms with Crippen molar-refractivity contribution in [1.82, 2.24) is 4.57 Å². The highest BCUT2D eigenvalue weighted by Gasteiger charge is 2.25. The van der Waals surface area contributed by atoms with Gasteiger partial charge in [0.2, 0.25) is 0 Å². The Bertz CT molecular complexity index is 299. The van der Waals surface area contributed by atoms with Crippen LogP contribution < -0.4 is 0 Å². The van der Waals surface area contributed by atoms with E-state index in [1.54, 1.807) is 0 Å². The monoisotopic (exact) mass is 177 g/mol. The van der Waals surface area contributed by atoms with Gasteiger partial charge in [0.1, 0.15) is 0 Å². The highest BCUT2D eigenvalue weighted by atomic mass is 16.1. The van der Waals surface area contributed by atoms with Crippen LogP contribution in [-0.4, -0.2) is 10.9 Å². The van der Waals surface area contributed by atoms with Crippen molar-refractivity contribution in [3.8, 4) is 0 Å². The van der Waals surface area contributed by atoms with Gasteiger partial charge in [0.15, 0.2) is 6.29 Å². The van der Waals surface area contributed by atoms with E-state index in [0.717, 1.165) is 17.9 Å². The normalized spacial score (nSPS) is 19.5. The van der Waals surface area contributed by atoms with Crippen molar-refractivity contribution in [3.63, 3.8) is 0 Å². The van der Waals surface area contributed by atoms with Crippen LogP contribution in [0.3, 0.4) is 0 Å². The van der Waals surface area contributed by atoms with E-state index in [1.165, 1.54) is 19.3 Å². The Morgan fingerprint density at radius 3 is 2.92 bits per heavy atom. The van der Waals surface area contributed by atoms with Crippen molar-refractivity contribution in [3.05, 3.63) is 24.0 Å². The smallest absolute Gasteiger partial charge is 0.166 e. The number of carbonyl (C=O) groups excluding carboxylic acids is 1. The molecular weight excluding hydrogens is 162 g/mol. The average Bonchev–Trinajstić information content (AvgIpc) is 2.47. The highest BCUT2D eigenvalue weighted by molar-refractivity contribution is 5.72. The first-order chi connectivity index (χ1) is 6.33. The number of aromatic nitrogens is 1. The second kappa shape index (κ2) is 3.36. The first-order valence-electron chi connectivity index (χ1n) is 4.95. The maximum absolute atomic E-state index is 10.7. The second-order valence-electron chi connectivity index (χ2n) is 3.89. The summed E-state index contributed by atoms with van der Waals surface area (Å²) in [6, 6.07) is 4.31. The van der Waals surface area contributed by atoms with Crippen molar-refractivity contribution >= 4 is 6.29 Å². The Balaban J connectivity index is 2.17. The van der Waals surface area contributed by atoms with Gasteiger partial charge in [-0.15, -0.1) is 0 Å². The third-order valence-corrected chi connectivity index (χ3v) is 3.20. The fraction of sp³-hybridized carbons (Fsp3) is 0.545. The van der Waals surface area contributed by atoms with E-state index in [1.807, 2.05) is 18.3 Å². The molecule has 0 N–H and O–H groups in total. The van der Waals surface area contributed by atoms with E-state index >= 15 is 0 Å². The van der Waals surface area contributed by atoms with Gasteiger partial charge in [-0.3, -0.25) is 4.79 Å². The SMILES string of the molecule is CC(C1CCC1)n1cccc1C=O. The Hall–Kier alpha value is -1.05. The largest absolute Gasteiger partial charge is 0.342 e. The minimum absolute atomic E-state index is 0.490. The molecule has 1 aliphatic carbocycles. The molecule has 0 aromatic carbocycles. The van der Waals surface area contributed by atoms with Crippen molar-refractivity contribution in [2.45, 2.75) is 32.2 Å². The van der Waals surface area contributed by atoms with Crippen LogP contribution in [0.15, 0.2) is 18.3 Å². The van der Waals surface area contributed by atoms with Crippen LogP contribution in [0.5, 0.6) is 0 Å². The van der Waals surface area contributed by atoms with Gasteiger partial charge in [0, 0.05) is 12.2 Å². The van der Waals surface area contributed by atoms with Gasteiger partial charge in [0.05, 0.1) is 5.69 Å². The number of hydrogen-bond acceptors (Lipinski definition) is 1.